The van der Waals surface area contributed by atoms with Crippen molar-refractivity contribution in [3.63, 3.8) is 0 Å². The number of ketones is 1. The van der Waals surface area contributed by atoms with E-state index >= 15 is 0 Å². The highest BCUT2D eigenvalue weighted by Crippen LogP contribution is 2.44. The molecule has 0 radical (unpaired) electrons. The summed E-state index contributed by atoms with van der Waals surface area (Å²) in [4.78, 5) is 10.6. The van der Waals surface area contributed by atoms with Gasteiger partial charge in [-0.05, 0) is 41.2 Å². The molecule has 0 heterocycles. The van der Waals surface area contributed by atoms with Gasteiger partial charge in [0.2, 0.25) is 0 Å². The number of halogens is 7. The Hall–Kier alpha value is -0.350. The van der Waals surface area contributed by atoms with Crippen LogP contribution in [0.3, 0.4) is 0 Å². The van der Waals surface area contributed by atoms with Gasteiger partial charge in [-0.1, -0.05) is 22.0 Å². The van der Waals surface area contributed by atoms with Gasteiger partial charge in [0.05, 0.1) is 5.33 Å². The molecule has 1 rings (SSSR count). The molecule has 0 N–H and O–H groups in total. The van der Waals surface area contributed by atoms with E-state index in [4.69, 9.17) is 0 Å². The van der Waals surface area contributed by atoms with E-state index in [1.165, 1.54) is 0 Å². The van der Waals surface area contributed by atoms with Crippen molar-refractivity contribution in [1.29, 1.82) is 0 Å². The van der Waals surface area contributed by atoms with Crippen LogP contribution in [-0.4, -0.2) is 22.1 Å². The molecule has 0 aliphatic heterocycles. The first-order valence-corrected chi connectivity index (χ1v) is 7.98. The van der Waals surface area contributed by atoms with Crippen molar-refractivity contribution in [3.8, 4) is 0 Å². The SMILES string of the molecule is O=C(CBr)Cc1c(SC(F)(F)F)cccc1SC(F)(F)F. The van der Waals surface area contributed by atoms with Crippen molar-refractivity contribution in [3.05, 3.63) is 23.8 Å². The standard InChI is InChI=1S/C11H7BrF6OS2/c12-5-6(19)4-7-8(20-10(13,14)15)2-1-3-9(7)21-11(16,17)18/h1-3H,4-5H2. The van der Waals surface area contributed by atoms with Gasteiger partial charge in [0.25, 0.3) is 0 Å². The van der Waals surface area contributed by atoms with Gasteiger partial charge in [0.15, 0.2) is 0 Å². The summed E-state index contributed by atoms with van der Waals surface area (Å²) in [6.45, 7) is 0. The first-order chi connectivity index (χ1) is 9.52. The molecule has 0 amide bonds. The lowest BCUT2D eigenvalue weighted by atomic mass is 10.1. The van der Waals surface area contributed by atoms with E-state index in [-0.39, 0.29) is 10.9 Å². The van der Waals surface area contributed by atoms with Crippen molar-refractivity contribution in [2.45, 2.75) is 27.2 Å². The lowest BCUT2D eigenvalue weighted by Crippen LogP contribution is -2.10. The first-order valence-electron chi connectivity index (χ1n) is 5.23. The Morgan fingerprint density at radius 1 is 1.00 bits per heavy atom. The van der Waals surface area contributed by atoms with Crippen LogP contribution in [0.5, 0.6) is 0 Å². The molecule has 0 aliphatic rings. The van der Waals surface area contributed by atoms with Crippen LogP contribution < -0.4 is 0 Å². The van der Waals surface area contributed by atoms with Crippen LogP contribution in [0.15, 0.2) is 28.0 Å². The molecule has 0 aliphatic carbocycles. The molecule has 0 aromatic heterocycles. The van der Waals surface area contributed by atoms with Gasteiger partial charge in [0.1, 0.15) is 5.78 Å². The highest BCUT2D eigenvalue weighted by atomic mass is 79.9. The summed E-state index contributed by atoms with van der Waals surface area (Å²) in [5.74, 6) is -0.505. The Morgan fingerprint density at radius 2 is 1.43 bits per heavy atom. The summed E-state index contributed by atoms with van der Waals surface area (Å²) in [6.07, 6.45) is -0.497. The normalized spacial score (nSPS) is 12.5. The molecule has 118 valence electrons. The largest absolute Gasteiger partial charge is 0.446 e. The second-order valence-electron chi connectivity index (χ2n) is 3.68. The number of rotatable bonds is 5. The fourth-order valence-electron chi connectivity index (χ4n) is 1.40. The molecule has 1 nitrogen and oxygen atoms in total. The Bertz CT molecular complexity index is 480. The topological polar surface area (TPSA) is 17.1 Å². The second kappa shape index (κ2) is 7.28. The predicted molar refractivity (Wildman–Crippen MR) is 72.8 cm³/mol. The number of benzene rings is 1. The van der Waals surface area contributed by atoms with Gasteiger partial charge in [-0.15, -0.1) is 0 Å². The van der Waals surface area contributed by atoms with Gasteiger partial charge < -0.3 is 0 Å². The lowest BCUT2D eigenvalue weighted by molar-refractivity contribution is -0.116. The third-order valence-electron chi connectivity index (χ3n) is 2.06. The van der Waals surface area contributed by atoms with Gasteiger partial charge in [-0.25, -0.2) is 0 Å². The van der Waals surface area contributed by atoms with E-state index < -0.39 is 56.5 Å². The molecular weight excluding hydrogens is 406 g/mol. The summed E-state index contributed by atoms with van der Waals surface area (Å²) in [5.41, 5.74) is -9.55. The molecule has 10 heteroatoms. The number of carbonyl (C=O) groups is 1. The van der Waals surface area contributed by atoms with E-state index in [0.29, 0.717) is 0 Å². The van der Waals surface area contributed by atoms with Crippen molar-refractivity contribution in [1.82, 2.24) is 0 Å². The van der Waals surface area contributed by atoms with Crippen LogP contribution in [0.25, 0.3) is 0 Å². The third kappa shape index (κ3) is 6.96. The van der Waals surface area contributed by atoms with Crippen LogP contribution in [0.2, 0.25) is 0 Å². The minimum absolute atomic E-state index is 0.145. The van der Waals surface area contributed by atoms with Gasteiger partial charge >= 0.3 is 11.0 Å². The van der Waals surface area contributed by atoms with E-state index in [2.05, 4.69) is 15.9 Å². The molecule has 0 atom stereocenters. The summed E-state index contributed by atoms with van der Waals surface area (Å²) in [6, 6.07) is 3.20. The van der Waals surface area contributed by atoms with Crippen LogP contribution >= 0.6 is 39.5 Å². The van der Waals surface area contributed by atoms with E-state index in [0.717, 1.165) is 18.2 Å². The van der Waals surface area contributed by atoms with E-state index in [1.807, 2.05) is 0 Å². The highest BCUT2D eigenvalue weighted by Gasteiger charge is 2.34. The Morgan fingerprint density at radius 3 is 1.76 bits per heavy atom. The van der Waals surface area contributed by atoms with Gasteiger partial charge in [-0.3, -0.25) is 4.79 Å². The molecule has 0 spiro atoms. The minimum atomic E-state index is -4.65. The summed E-state index contributed by atoms with van der Waals surface area (Å²) < 4.78 is 74.7. The van der Waals surface area contributed by atoms with Crippen molar-refractivity contribution < 1.29 is 31.1 Å². The fraction of sp³-hybridized carbons (Fsp3) is 0.364. The number of hydrogen-bond acceptors (Lipinski definition) is 3. The van der Waals surface area contributed by atoms with Crippen LogP contribution in [0, 0.1) is 0 Å². The zero-order valence-corrected chi connectivity index (χ0v) is 13.2. The van der Waals surface area contributed by atoms with E-state index in [1.54, 1.807) is 0 Å². The van der Waals surface area contributed by atoms with E-state index in [9.17, 15) is 31.1 Å². The van der Waals surface area contributed by atoms with Crippen LogP contribution in [0.4, 0.5) is 26.3 Å². The number of alkyl halides is 7. The number of carbonyl (C=O) groups excluding carboxylic acids is 1. The van der Waals surface area contributed by atoms with Gasteiger partial charge in [-0.2, -0.15) is 26.3 Å². The first kappa shape index (κ1) is 18.7. The summed E-state index contributed by atoms with van der Waals surface area (Å²) in [7, 11) is 0. The number of Topliss-reactive ketones (excluding diaryl/α,β-unsaturated/α-hetero) is 1. The molecule has 1 aromatic rings. The molecule has 21 heavy (non-hydrogen) atoms. The summed E-state index contributed by atoms with van der Waals surface area (Å²) in [5, 5.41) is -0.145. The molecule has 0 saturated heterocycles. The average Bonchev–Trinajstić information content (AvgIpc) is 2.29. The molecular formula is C11H7BrF6OS2. The lowest BCUT2D eigenvalue weighted by Gasteiger charge is -2.15. The Balaban J connectivity index is 3.23. The van der Waals surface area contributed by atoms with Crippen molar-refractivity contribution >= 4 is 45.2 Å². The fourth-order valence-corrected chi connectivity index (χ4v) is 3.07. The van der Waals surface area contributed by atoms with Crippen molar-refractivity contribution in [2.24, 2.45) is 0 Å². The molecule has 0 saturated carbocycles. The Kier molecular flexibility index (Phi) is 6.48. The van der Waals surface area contributed by atoms with Crippen LogP contribution in [-0.2, 0) is 11.2 Å². The predicted octanol–water partition coefficient (Wildman–Crippen LogP) is 5.42. The summed E-state index contributed by atoms with van der Waals surface area (Å²) >= 11 is 1.78. The van der Waals surface area contributed by atoms with Gasteiger partial charge in [0, 0.05) is 16.2 Å². The zero-order valence-electron chi connectivity index (χ0n) is 10.0. The quantitative estimate of drug-likeness (QED) is 0.365. The second-order valence-corrected chi connectivity index (χ2v) is 6.45. The molecule has 0 fully saturated rings. The maximum absolute atomic E-state index is 12.5. The molecule has 0 bridgehead atoms. The average molecular weight is 413 g/mol. The number of thioether (sulfide) groups is 2. The Labute approximate surface area is 133 Å². The van der Waals surface area contributed by atoms with Crippen LogP contribution in [0.1, 0.15) is 5.56 Å². The molecule has 0 unspecified atom stereocenters. The van der Waals surface area contributed by atoms with Crippen molar-refractivity contribution in [2.75, 3.05) is 5.33 Å². The zero-order chi connectivity index (χ0) is 16.3. The maximum Gasteiger partial charge on any atom is 0.446 e. The molecule has 1 aromatic carbocycles. The highest BCUT2D eigenvalue weighted by molar-refractivity contribution is 9.09. The monoisotopic (exact) mass is 412 g/mol. The smallest absolute Gasteiger partial charge is 0.298 e. The maximum atomic E-state index is 12.5. The number of hydrogen-bond donors (Lipinski definition) is 0. The third-order valence-corrected chi connectivity index (χ3v) is 4.36. The minimum Gasteiger partial charge on any atom is -0.298 e.